The highest BCUT2D eigenvalue weighted by Crippen LogP contribution is 2.21. The lowest BCUT2D eigenvalue weighted by Gasteiger charge is -2.33. The van der Waals surface area contributed by atoms with E-state index in [-0.39, 0.29) is 5.91 Å². The first-order chi connectivity index (χ1) is 13.2. The summed E-state index contributed by atoms with van der Waals surface area (Å²) in [5.74, 6) is -0.110. The summed E-state index contributed by atoms with van der Waals surface area (Å²) in [5.41, 5.74) is 3.50. The monoisotopic (exact) mass is 361 g/mol. The van der Waals surface area contributed by atoms with E-state index < -0.39 is 0 Å². The van der Waals surface area contributed by atoms with Crippen molar-refractivity contribution in [3.63, 3.8) is 0 Å². The number of anilines is 2. The average molecular weight is 361 g/mol. The lowest BCUT2D eigenvalue weighted by atomic mass is 10.1. The number of carbonyl (C=O) groups excluding carboxylic acids is 1. The van der Waals surface area contributed by atoms with E-state index in [1.165, 1.54) is 25.3 Å². The number of likely N-dealkylation sites (N-methyl/N-ethyl adjacent to an activating group) is 1. The van der Waals surface area contributed by atoms with E-state index in [0.717, 1.165) is 29.7 Å². The van der Waals surface area contributed by atoms with Gasteiger partial charge in [-0.05, 0) is 49.4 Å². The summed E-state index contributed by atoms with van der Waals surface area (Å²) in [5, 5.41) is 3.87. The Bertz CT molecular complexity index is 925. The maximum absolute atomic E-state index is 12.7. The molecule has 0 saturated carbocycles. The maximum Gasteiger partial charge on any atom is 0.256 e. The molecule has 2 aromatic carbocycles. The van der Waals surface area contributed by atoms with Crippen molar-refractivity contribution in [2.24, 2.45) is 0 Å². The van der Waals surface area contributed by atoms with E-state index in [1.807, 2.05) is 42.5 Å². The first kappa shape index (κ1) is 17.5. The summed E-state index contributed by atoms with van der Waals surface area (Å²) < 4.78 is 0. The molecule has 138 valence electrons. The van der Waals surface area contributed by atoms with E-state index in [9.17, 15) is 4.79 Å². The average Bonchev–Trinajstić information content (AvgIpc) is 2.74. The van der Waals surface area contributed by atoms with Crippen LogP contribution in [-0.4, -0.2) is 43.6 Å². The van der Waals surface area contributed by atoms with Crippen molar-refractivity contribution in [3.8, 4) is 0 Å². The van der Waals surface area contributed by atoms with E-state index in [0.29, 0.717) is 5.56 Å². The van der Waals surface area contributed by atoms with Crippen LogP contribution in [-0.2, 0) is 0 Å². The molecule has 1 aromatic heterocycles. The van der Waals surface area contributed by atoms with Gasteiger partial charge < -0.3 is 15.1 Å². The van der Waals surface area contributed by atoms with Gasteiger partial charge in [0.25, 0.3) is 5.91 Å². The highest BCUT2D eigenvalue weighted by Gasteiger charge is 2.18. The van der Waals surface area contributed by atoms with Crippen LogP contribution in [0.5, 0.6) is 0 Å². The summed E-state index contributed by atoms with van der Waals surface area (Å²) >= 11 is 0. The van der Waals surface area contributed by atoms with Crippen LogP contribution >= 0.6 is 0 Å². The van der Waals surface area contributed by atoms with Gasteiger partial charge in [-0.3, -0.25) is 9.78 Å². The third-order valence-corrected chi connectivity index (χ3v) is 5.35. The Morgan fingerprint density at radius 2 is 1.85 bits per heavy atom. The van der Waals surface area contributed by atoms with Gasteiger partial charge in [-0.2, -0.15) is 0 Å². The van der Waals surface area contributed by atoms with E-state index in [2.05, 4.69) is 34.3 Å². The van der Waals surface area contributed by atoms with Crippen molar-refractivity contribution in [2.75, 3.05) is 42.9 Å². The molecule has 27 heavy (non-hydrogen) atoms. The molecule has 1 aliphatic rings. The second-order valence-corrected chi connectivity index (χ2v) is 6.97. The van der Waals surface area contributed by atoms with Gasteiger partial charge in [0.15, 0.2) is 0 Å². The smallest absolute Gasteiger partial charge is 0.256 e. The second-order valence-electron chi connectivity index (χ2n) is 6.97. The van der Waals surface area contributed by atoms with Crippen LogP contribution < -0.4 is 15.1 Å². The van der Waals surface area contributed by atoms with Gasteiger partial charge in [0.1, 0.15) is 0 Å². The second kappa shape index (κ2) is 7.76. The Balaban J connectivity index is 1.46. The molecule has 1 saturated heterocycles. The highest BCUT2D eigenvalue weighted by molar-refractivity contribution is 6.12. The molecule has 4 rings (SSSR count). The largest absolute Gasteiger partial charge is 0.360 e. The standard InChI is InChI=1S/C22H24N4O/c1-2-25-13-15-26(16-14-25)18-10-8-17(9-11-18)24-22(27)20-5-3-7-21-19(20)6-4-12-23-21/h3-12H,2,13-16H2,1H3,(H,24,27)/p+1. The number of hydrogen-bond donors (Lipinski definition) is 2. The molecule has 2 N–H and O–H groups in total. The van der Waals surface area contributed by atoms with Crippen LogP contribution in [0.2, 0.25) is 0 Å². The Hall–Kier alpha value is -2.92. The molecule has 0 unspecified atom stereocenters. The first-order valence-electron chi connectivity index (χ1n) is 9.58. The minimum atomic E-state index is -0.110. The van der Waals surface area contributed by atoms with Crippen molar-refractivity contribution < 1.29 is 9.69 Å². The summed E-state index contributed by atoms with van der Waals surface area (Å²) in [4.78, 5) is 21.1. The van der Waals surface area contributed by atoms with Crippen molar-refractivity contribution in [3.05, 3.63) is 66.4 Å². The number of pyridine rings is 1. The van der Waals surface area contributed by atoms with Crippen molar-refractivity contribution in [2.45, 2.75) is 6.92 Å². The van der Waals surface area contributed by atoms with E-state index >= 15 is 0 Å². The van der Waals surface area contributed by atoms with Crippen molar-refractivity contribution >= 4 is 28.2 Å². The zero-order valence-electron chi connectivity index (χ0n) is 15.6. The Morgan fingerprint density at radius 1 is 1.07 bits per heavy atom. The molecular weight excluding hydrogens is 336 g/mol. The van der Waals surface area contributed by atoms with Gasteiger partial charge >= 0.3 is 0 Å². The number of hydrogen-bond acceptors (Lipinski definition) is 3. The van der Waals surface area contributed by atoms with Gasteiger partial charge in [0.2, 0.25) is 0 Å². The molecule has 0 spiro atoms. The van der Waals surface area contributed by atoms with Crippen LogP contribution in [0.1, 0.15) is 17.3 Å². The topological polar surface area (TPSA) is 49.7 Å². The van der Waals surface area contributed by atoms with Crippen LogP contribution in [0.4, 0.5) is 11.4 Å². The number of aromatic nitrogens is 1. The Kier molecular flexibility index (Phi) is 5.03. The molecule has 0 radical (unpaired) electrons. The highest BCUT2D eigenvalue weighted by atomic mass is 16.1. The number of nitrogens with one attached hydrogen (secondary N) is 2. The van der Waals surface area contributed by atoms with Gasteiger partial charge in [-0.15, -0.1) is 0 Å². The molecule has 0 aliphatic carbocycles. The van der Waals surface area contributed by atoms with Crippen LogP contribution in [0, 0.1) is 0 Å². The maximum atomic E-state index is 12.7. The fourth-order valence-corrected chi connectivity index (χ4v) is 3.69. The van der Waals surface area contributed by atoms with Crippen LogP contribution in [0.25, 0.3) is 10.9 Å². The first-order valence-corrected chi connectivity index (χ1v) is 9.58. The normalized spacial score (nSPS) is 15.1. The predicted octanol–water partition coefficient (Wildman–Crippen LogP) is 2.21. The summed E-state index contributed by atoms with van der Waals surface area (Å²) in [6.45, 7) is 7.97. The molecule has 2 heterocycles. The molecule has 3 aromatic rings. The number of carbonyl (C=O) groups is 1. The lowest BCUT2D eigenvalue weighted by Crippen LogP contribution is -3.14. The predicted molar refractivity (Wildman–Crippen MR) is 110 cm³/mol. The summed E-state index contributed by atoms with van der Waals surface area (Å²) in [6.07, 6.45) is 1.74. The number of quaternary nitrogens is 1. The number of rotatable bonds is 4. The Labute approximate surface area is 159 Å². The Morgan fingerprint density at radius 3 is 2.59 bits per heavy atom. The molecule has 5 nitrogen and oxygen atoms in total. The number of nitrogens with zero attached hydrogens (tertiary/aromatic N) is 2. The molecule has 5 heteroatoms. The minimum Gasteiger partial charge on any atom is -0.360 e. The van der Waals surface area contributed by atoms with Crippen molar-refractivity contribution in [1.29, 1.82) is 0 Å². The van der Waals surface area contributed by atoms with Gasteiger partial charge in [-0.25, -0.2) is 0 Å². The van der Waals surface area contributed by atoms with E-state index in [4.69, 9.17) is 0 Å². The number of benzene rings is 2. The molecular formula is C22H25N4O+. The van der Waals surface area contributed by atoms with Crippen LogP contribution in [0.3, 0.4) is 0 Å². The zero-order valence-corrected chi connectivity index (χ0v) is 15.6. The number of amides is 1. The third-order valence-electron chi connectivity index (χ3n) is 5.35. The SMILES string of the molecule is CC[NH+]1CCN(c2ccc(NC(=O)c3cccc4ncccc34)cc2)CC1. The van der Waals surface area contributed by atoms with Gasteiger partial charge in [0.05, 0.1) is 38.2 Å². The van der Waals surface area contributed by atoms with Crippen molar-refractivity contribution in [1.82, 2.24) is 4.98 Å². The van der Waals surface area contributed by atoms with Crippen LogP contribution in [0.15, 0.2) is 60.8 Å². The fraction of sp³-hybridized carbons (Fsp3) is 0.273. The molecule has 0 atom stereocenters. The summed E-state index contributed by atoms with van der Waals surface area (Å²) in [6, 6.07) is 17.6. The number of fused-ring (bicyclic) bond motifs is 1. The molecule has 1 fully saturated rings. The molecule has 1 aliphatic heterocycles. The molecule has 1 amide bonds. The fourth-order valence-electron chi connectivity index (χ4n) is 3.69. The van der Waals surface area contributed by atoms with E-state index in [1.54, 1.807) is 11.1 Å². The van der Waals surface area contributed by atoms with Gasteiger partial charge in [0, 0.05) is 28.5 Å². The molecule has 0 bridgehead atoms. The lowest BCUT2D eigenvalue weighted by molar-refractivity contribution is -0.898. The number of piperazine rings is 1. The quantitative estimate of drug-likeness (QED) is 0.749. The summed E-state index contributed by atoms with van der Waals surface area (Å²) in [7, 11) is 0. The van der Waals surface area contributed by atoms with Gasteiger partial charge in [-0.1, -0.05) is 12.1 Å². The minimum absolute atomic E-state index is 0.110. The zero-order chi connectivity index (χ0) is 18.6. The third kappa shape index (κ3) is 3.78.